The van der Waals surface area contributed by atoms with E-state index in [-0.39, 0.29) is 5.71 Å². The van der Waals surface area contributed by atoms with Crippen LogP contribution in [0.4, 0.5) is 0 Å². The summed E-state index contributed by atoms with van der Waals surface area (Å²) in [4.78, 5) is 14.6. The van der Waals surface area contributed by atoms with Crippen molar-refractivity contribution in [1.29, 1.82) is 0 Å². The third-order valence-electron chi connectivity index (χ3n) is 1.08. The summed E-state index contributed by atoms with van der Waals surface area (Å²) >= 11 is 1.18. The fourth-order valence-electron chi connectivity index (χ4n) is 0.594. The van der Waals surface area contributed by atoms with Crippen LogP contribution in [-0.2, 0) is 4.79 Å². The van der Waals surface area contributed by atoms with Gasteiger partial charge in [0.25, 0.3) is 5.91 Å². The number of carbonyl (C=O) groups is 1. The van der Waals surface area contributed by atoms with Crippen molar-refractivity contribution in [2.75, 3.05) is 0 Å². The van der Waals surface area contributed by atoms with E-state index in [2.05, 4.69) is 10.1 Å². The lowest BCUT2D eigenvalue weighted by Crippen LogP contribution is -2.36. The second-order valence-electron chi connectivity index (χ2n) is 1.76. The first-order chi connectivity index (χ1) is 5.79. The van der Waals surface area contributed by atoms with Gasteiger partial charge in [0.05, 0.1) is 0 Å². The summed E-state index contributed by atoms with van der Waals surface area (Å²) in [5.41, 5.74) is 1.65. The van der Waals surface area contributed by atoms with Gasteiger partial charge >= 0.3 is 0 Å². The van der Waals surface area contributed by atoms with Crippen molar-refractivity contribution in [2.24, 2.45) is 11.0 Å². The number of amides is 1. The molecular weight excluding hydrogens is 180 g/mol. The molecule has 0 atom stereocenters. The maximum absolute atomic E-state index is 10.9. The average molecular weight is 186 g/mol. The van der Waals surface area contributed by atoms with Crippen LogP contribution in [0.2, 0.25) is 0 Å². The first-order valence-corrected chi connectivity index (χ1v) is 3.80. The van der Waals surface area contributed by atoms with Crippen molar-refractivity contribution in [1.82, 2.24) is 10.4 Å². The molecule has 0 fully saturated rings. The SMILES string of the molecule is NNC(=O)C(=NO)c1nccs1. The normalized spacial score (nSPS) is 11.2. The summed E-state index contributed by atoms with van der Waals surface area (Å²) in [6, 6.07) is 0. The molecule has 1 rings (SSSR count). The fraction of sp³-hybridized carbons (Fsp3) is 0. The van der Waals surface area contributed by atoms with Crippen LogP contribution in [-0.4, -0.2) is 21.8 Å². The van der Waals surface area contributed by atoms with Gasteiger partial charge in [0.1, 0.15) is 0 Å². The standard InChI is InChI=1S/C5H6N4O2S/c6-8-4(10)3(9-11)5-7-1-2-12-5/h1-2,11H,6H2,(H,8,10). The third-order valence-corrected chi connectivity index (χ3v) is 1.86. The molecule has 0 radical (unpaired) electrons. The Balaban J connectivity index is 2.93. The van der Waals surface area contributed by atoms with E-state index in [1.165, 1.54) is 17.5 Å². The molecular formula is C5H6N4O2S. The van der Waals surface area contributed by atoms with Gasteiger partial charge in [-0.15, -0.1) is 11.3 Å². The molecule has 1 aromatic rings. The van der Waals surface area contributed by atoms with E-state index < -0.39 is 5.91 Å². The van der Waals surface area contributed by atoms with Crippen LogP contribution in [0.1, 0.15) is 5.01 Å². The number of nitrogens with two attached hydrogens (primary N) is 1. The number of nitrogens with zero attached hydrogens (tertiary/aromatic N) is 2. The topological polar surface area (TPSA) is 101 Å². The number of carbonyl (C=O) groups excluding carboxylic acids is 1. The number of oxime groups is 1. The van der Waals surface area contributed by atoms with E-state index >= 15 is 0 Å². The van der Waals surface area contributed by atoms with Crippen LogP contribution in [0.25, 0.3) is 0 Å². The lowest BCUT2D eigenvalue weighted by molar-refractivity contribution is -0.114. The summed E-state index contributed by atoms with van der Waals surface area (Å²) in [5, 5.41) is 13.2. The Morgan fingerprint density at radius 1 is 1.83 bits per heavy atom. The number of nitrogens with one attached hydrogen (secondary N) is 1. The van der Waals surface area contributed by atoms with Crippen LogP contribution in [0.5, 0.6) is 0 Å². The van der Waals surface area contributed by atoms with Gasteiger partial charge < -0.3 is 5.21 Å². The van der Waals surface area contributed by atoms with Crippen molar-refractivity contribution < 1.29 is 10.0 Å². The van der Waals surface area contributed by atoms with Gasteiger partial charge in [-0.1, -0.05) is 5.16 Å². The fourth-order valence-corrected chi connectivity index (χ4v) is 1.21. The van der Waals surface area contributed by atoms with Gasteiger partial charge in [-0.3, -0.25) is 10.2 Å². The monoisotopic (exact) mass is 186 g/mol. The maximum atomic E-state index is 10.9. The third kappa shape index (κ3) is 1.57. The van der Waals surface area contributed by atoms with E-state index in [1.54, 1.807) is 5.38 Å². The summed E-state index contributed by atoms with van der Waals surface area (Å²) in [7, 11) is 0. The Morgan fingerprint density at radius 3 is 3.00 bits per heavy atom. The molecule has 1 heterocycles. The predicted molar refractivity (Wildman–Crippen MR) is 42.8 cm³/mol. The van der Waals surface area contributed by atoms with Gasteiger partial charge in [0.15, 0.2) is 5.01 Å². The van der Waals surface area contributed by atoms with E-state index in [9.17, 15) is 4.79 Å². The molecule has 6 nitrogen and oxygen atoms in total. The molecule has 1 amide bonds. The lowest BCUT2D eigenvalue weighted by atomic mass is 10.4. The second kappa shape index (κ2) is 3.79. The Morgan fingerprint density at radius 2 is 2.58 bits per heavy atom. The van der Waals surface area contributed by atoms with E-state index in [0.29, 0.717) is 5.01 Å². The molecule has 12 heavy (non-hydrogen) atoms. The summed E-state index contributed by atoms with van der Waals surface area (Å²) in [6.45, 7) is 0. The van der Waals surface area contributed by atoms with Crippen LogP contribution >= 0.6 is 11.3 Å². The Kier molecular flexibility index (Phi) is 2.72. The number of thiazole rings is 1. The van der Waals surface area contributed by atoms with Gasteiger partial charge in [-0.25, -0.2) is 10.8 Å². The molecule has 0 aliphatic rings. The van der Waals surface area contributed by atoms with E-state index in [4.69, 9.17) is 11.0 Å². The largest absolute Gasteiger partial charge is 0.410 e. The van der Waals surface area contributed by atoms with Gasteiger partial charge in [-0.05, 0) is 0 Å². The highest BCUT2D eigenvalue weighted by molar-refractivity contribution is 7.12. The molecule has 0 bridgehead atoms. The smallest absolute Gasteiger partial charge is 0.290 e. The zero-order chi connectivity index (χ0) is 8.97. The van der Waals surface area contributed by atoms with Crippen LogP contribution < -0.4 is 11.3 Å². The van der Waals surface area contributed by atoms with Crippen molar-refractivity contribution >= 4 is 23.0 Å². The Labute approximate surface area is 71.7 Å². The highest BCUT2D eigenvalue weighted by Gasteiger charge is 2.15. The molecule has 0 aromatic carbocycles. The minimum Gasteiger partial charge on any atom is -0.410 e. The number of aromatic nitrogens is 1. The average Bonchev–Trinajstić information content (AvgIpc) is 2.58. The van der Waals surface area contributed by atoms with Crippen molar-refractivity contribution in [3.63, 3.8) is 0 Å². The number of hydrogen-bond donors (Lipinski definition) is 3. The van der Waals surface area contributed by atoms with Gasteiger partial charge in [-0.2, -0.15) is 0 Å². The highest BCUT2D eigenvalue weighted by atomic mass is 32.1. The number of hydrazine groups is 1. The van der Waals surface area contributed by atoms with E-state index in [0.717, 1.165) is 0 Å². The molecule has 0 saturated carbocycles. The van der Waals surface area contributed by atoms with Crippen LogP contribution in [0.15, 0.2) is 16.7 Å². The van der Waals surface area contributed by atoms with Crippen LogP contribution in [0.3, 0.4) is 0 Å². The molecule has 4 N–H and O–H groups in total. The summed E-state index contributed by atoms with van der Waals surface area (Å²) in [5.74, 6) is 4.17. The van der Waals surface area contributed by atoms with Gasteiger partial charge in [0.2, 0.25) is 5.71 Å². The first-order valence-electron chi connectivity index (χ1n) is 2.92. The number of hydrogen-bond acceptors (Lipinski definition) is 6. The highest BCUT2D eigenvalue weighted by Crippen LogP contribution is 2.05. The van der Waals surface area contributed by atoms with E-state index in [1.807, 2.05) is 5.43 Å². The maximum Gasteiger partial charge on any atom is 0.290 e. The summed E-state index contributed by atoms with van der Waals surface area (Å²) in [6.07, 6.45) is 1.50. The molecule has 0 aliphatic heterocycles. The molecule has 0 unspecified atom stereocenters. The second-order valence-corrected chi connectivity index (χ2v) is 2.65. The molecule has 64 valence electrons. The predicted octanol–water partition coefficient (Wildman–Crippen LogP) is -0.689. The van der Waals surface area contributed by atoms with Crippen molar-refractivity contribution in [3.8, 4) is 0 Å². The molecule has 0 aliphatic carbocycles. The van der Waals surface area contributed by atoms with Crippen molar-refractivity contribution in [3.05, 3.63) is 16.6 Å². The minimum absolute atomic E-state index is 0.187. The van der Waals surface area contributed by atoms with Crippen molar-refractivity contribution in [2.45, 2.75) is 0 Å². The zero-order valence-corrected chi connectivity index (χ0v) is 6.71. The van der Waals surface area contributed by atoms with Crippen LogP contribution in [0, 0.1) is 0 Å². The zero-order valence-electron chi connectivity index (χ0n) is 5.89. The Bertz CT molecular complexity index is 294. The Hall–Kier alpha value is -1.47. The first kappa shape index (κ1) is 8.62. The minimum atomic E-state index is -0.674. The quantitative estimate of drug-likeness (QED) is 0.187. The molecule has 0 saturated heterocycles. The molecule has 7 heteroatoms. The van der Waals surface area contributed by atoms with Gasteiger partial charge in [0, 0.05) is 11.6 Å². The lowest BCUT2D eigenvalue weighted by Gasteiger charge is -1.96. The molecule has 1 aromatic heterocycles. The summed E-state index contributed by atoms with van der Waals surface area (Å²) < 4.78 is 0. The molecule has 0 spiro atoms. The number of rotatable bonds is 2.